The van der Waals surface area contributed by atoms with Crippen LogP contribution in [0.5, 0.6) is 0 Å². The molecule has 6 nitrogen and oxygen atoms in total. The highest BCUT2D eigenvalue weighted by atomic mass is 35.5. The molecule has 4 rings (SSSR count). The van der Waals surface area contributed by atoms with Crippen LogP contribution in [-0.2, 0) is 6.54 Å². The third-order valence-corrected chi connectivity index (χ3v) is 5.04. The van der Waals surface area contributed by atoms with Crippen LogP contribution < -0.4 is 4.90 Å². The predicted octanol–water partition coefficient (Wildman–Crippen LogP) is 3.78. The van der Waals surface area contributed by atoms with Gasteiger partial charge >= 0.3 is 0 Å². The molecular weight excluding hydrogens is 374 g/mol. The second-order valence-electron chi connectivity index (χ2n) is 6.56. The summed E-state index contributed by atoms with van der Waals surface area (Å²) in [5.41, 5.74) is 3.68. The van der Waals surface area contributed by atoms with Gasteiger partial charge in [0.2, 0.25) is 0 Å². The first-order chi connectivity index (χ1) is 13.7. The van der Waals surface area contributed by atoms with Crippen molar-refractivity contribution < 1.29 is 5.11 Å². The van der Waals surface area contributed by atoms with Crippen molar-refractivity contribution >= 4 is 28.5 Å². The largest absolute Gasteiger partial charge is 0.395 e. The fraction of sp³-hybridized carbons (Fsp3) is 0.190. The number of halogens is 1. The molecule has 1 N–H and O–H groups in total. The number of benzene rings is 2. The van der Waals surface area contributed by atoms with Crippen molar-refractivity contribution in [3.8, 4) is 5.69 Å². The van der Waals surface area contributed by atoms with Gasteiger partial charge in [-0.3, -0.25) is 0 Å². The van der Waals surface area contributed by atoms with Gasteiger partial charge in [0.25, 0.3) is 0 Å². The molecular formula is C21H20ClN5O. The number of hydrogen-bond acceptors (Lipinski definition) is 5. The first-order valence-electron chi connectivity index (χ1n) is 9.02. The van der Waals surface area contributed by atoms with Crippen LogP contribution in [0.25, 0.3) is 16.7 Å². The van der Waals surface area contributed by atoms with Gasteiger partial charge in [0.05, 0.1) is 23.9 Å². The summed E-state index contributed by atoms with van der Waals surface area (Å²) in [6, 6.07) is 15.9. The van der Waals surface area contributed by atoms with Gasteiger partial charge < -0.3 is 10.0 Å². The van der Waals surface area contributed by atoms with E-state index in [-0.39, 0.29) is 6.61 Å². The standard InChI is InChI=1S/C21H20ClN5O/c1-15-7-8-17(11-19(15)22)27-21-18(12-25-27)20(23-14-24-21)26(9-10-28)13-16-5-3-2-4-6-16/h2-8,11-12,14,28H,9-10,13H2,1H3. The highest BCUT2D eigenvalue weighted by Crippen LogP contribution is 2.27. The molecule has 0 saturated carbocycles. The van der Waals surface area contributed by atoms with Gasteiger partial charge in [-0.1, -0.05) is 48.0 Å². The first-order valence-corrected chi connectivity index (χ1v) is 9.40. The number of nitrogens with zero attached hydrogens (tertiary/aromatic N) is 5. The number of anilines is 1. The maximum absolute atomic E-state index is 9.57. The average Bonchev–Trinajstić information content (AvgIpc) is 3.15. The molecule has 0 atom stereocenters. The lowest BCUT2D eigenvalue weighted by molar-refractivity contribution is 0.301. The summed E-state index contributed by atoms with van der Waals surface area (Å²) < 4.78 is 1.76. The minimum Gasteiger partial charge on any atom is -0.395 e. The molecule has 0 fully saturated rings. The van der Waals surface area contributed by atoms with Gasteiger partial charge in [-0.05, 0) is 30.2 Å². The Bertz CT molecular complexity index is 1100. The van der Waals surface area contributed by atoms with Crippen LogP contribution in [0.1, 0.15) is 11.1 Å². The normalized spacial score (nSPS) is 11.1. The minimum absolute atomic E-state index is 0.0278. The van der Waals surface area contributed by atoms with Crippen molar-refractivity contribution in [3.63, 3.8) is 0 Å². The van der Waals surface area contributed by atoms with Crippen LogP contribution >= 0.6 is 11.6 Å². The third kappa shape index (κ3) is 3.56. The molecule has 0 amide bonds. The number of aryl methyl sites for hydroxylation is 1. The number of hydrogen-bond donors (Lipinski definition) is 1. The van der Waals surface area contributed by atoms with Crippen molar-refractivity contribution in [3.05, 3.63) is 77.2 Å². The highest BCUT2D eigenvalue weighted by Gasteiger charge is 2.17. The number of aliphatic hydroxyl groups excluding tert-OH is 1. The van der Waals surface area contributed by atoms with Crippen LogP contribution in [0.2, 0.25) is 5.02 Å². The van der Waals surface area contributed by atoms with Gasteiger partial charge in [-0.15, -0.1) is 0 Å². The Morgan fingerprint density at radius 2 is 1.93 bits per heavy atom. The van der Waals surface area contributed by atoms with Crippen molar-refractivity contribution in [2.45, 2.75) is 13.5 Å². The lowest BCUT2D eigenvalue weighted by atomic mass is 10.2. The molecule has 0 saturated heterocycles. The fourth-order valence-corrected chi connectivity index (χ4v) is 3.35. The monoisotopic (exact) mass is 393 g/mol. The van der Waals surface area contributed by atoms with E-state index in [1.165, 1.54) is 6.33 Å². The van der Waals surface area contributed by atoms with Crippen LogP contribution in [0.15, 0.2) is 61.1 Å². The summed E-state index contributed by atoms with van der Waals surface area (Å²) in [6.07, 6.45) is 3.29. The van der Waals surface area contributed by atoms with E-state index >= 15 is 0 Å². The quantitative estimate of drug-likeness (QED) is 0.540. The Hall–Kier alpha value is -2.96. The smallest absolute Gasteiger partial charge is 0.168 e. The molecule has 0 bridgehead atoms. The molecule has 2 aromatic carbocycles. The fourth-order valence-electron chi connectivity index (χ4n) is 3.17. The van der Waals surface area contributed by atoms with Gasteiger partial charge in [0.15, 0.2) is 5.65 Å². The number of rotatable bonds is 6. The summed E-state index contributed by atoms with van der Waals surface area (Å²) in [5, 5.41) is 15.6. The minimum atomic E-state index is 0.0278. The zero-order chi connectivity index (χ0) is 19.5. The van der Waals surface area contributed by atoms with E-state index < -0.39 is 0 Å². The van der Waals surface area contributed by atoms with E-state index in [9.17, 15) is 5.11 Å². The van der Waals surface area contributed by atoms with Crippen LogP contribution in [0, 0.1) is 6.92 Å². The molecule has 2 heterocycles. The molecule has 142 valence electrons. The Morgan fingerprint density at radius 1 is 1.11 bits per heavy atom. The lowest BCUT2D eigenvalue weighted by Gasteiger charge is -2.23. The van der Waals surface area contributed by atoms with Crippen LogP contribution in [0.4, 0.5) is 5.82 Å². The van der Waals surface area contributed by atoms with Crippen LogP contribution in [-0.4, -0.2) is 38.0 Å². The Balaban J connectivity index is 1.77. The Labute approximate surface area is 168 Å². The molecule has 0 aliphatic carbocycles. The molecule has 28 heavy (non-hydrogen) atoms. The zero-order valence-electron chi connectivity index (χ0n) is 15.5. The summed E-state index contributed by atoms with van der Waals surface area (Å²) in [4.78, 5) is 11.0. The topological polar surface area (TPSA) is 67.1 Å². The molecule has 0 aliphatic heterocycles. The van der Waals surface area contributed by atoms with E-state index in [1.54, 1.807) is 10.9 Å². The van der Waals surface area contributed by atoms with Crippen LogP contribution in [0.3, 0.4) is 0 Å². The van der Waals surface area contributed by atoms with Gasteiger partial charge in [0, 0.05) is 18.1 Å². The SMILES string of the molecule is Cc1ccc(-n2ncc3c(N(CCO)Cc4ccccc4)ncnc32)cc1Cl. The van der Waals surface area contributed by atoms with Gasteiger partial charge in [0.1, 0.15) is 12.1 Å². The lowest BCUT2D eigenvalue weighted by Crippen LogP contribution is -2.27. The highest BCUT2D eigenvalue weighted by molar-refractivity contribution is 6.31. The molecule has 0 radical (unpaired) electrons. The Kier molecular flexibility index (Phi) is 5.23. The molecule has 0 spiro atoms. The van der Waals surface area contributed by atoms with Crippen molar-refractivity contribution in [1.29, 1.82) is 0 Å². The second kappa shape index (κ2) is 7.96. The number of fused-ring (bicyclic) bond motifs is 1. The third-order valence-electron chi connectivity index (χ3n) is 4.63. The second-order valence-corrected chi connectivity index (χ2v) is 6.96. The summed E-state index contributed by atoms with van der Waals surface area (Å²) in [7, 11) is 0. The zero-order valence-corrected chi connectivity index (χ0v) is 16.2. The Morgan fingerprint density at radius 3 is 2.68 bits per heavy atom. The molecule has 7 heteroatoms. The summed E-state index contributed by atoms with van der Waals surface area (Å²) in [6.45, 7) is 3.08. The van der Waals surface area contributed by atoms with Crippen molar-refractivity contribution in [1.82, 2.24) is 19.7 Å². The summed E-state index contributed by atoms with van der Waals surface area (Å²) in [5.74, 6) is 0.743. The molecule has 4 aromatic rings. The maximum Gasteiger partial charge on any atom is 0.168 e. The van der Waals surface area contributed by atoms with Gasteiger partial charge in [-0.25, -0.2) is 14.6 Å². The van der Waals surface area contributed by atoms with E-state index in [0.29, 0.717) is 23.8 Å². The number of aromatic nitrogens is 4. The van der Waals surface area contributed by atoms with E-state index in [0.717, 1.165) is 28.0 Å². The van der Waals surface area contributed by atoms with Crippen molar-refractivity contribution in [2.24, 2.45) is 0 Å². The van der Waals surface area contributed by atoms with E-state index in [4.69, 9.17) is 11.6 Å². The molecule has 0 aliphatic rings. The summed E-state index contributed by atoms with van der Waals surface area (Å²) >= 11 is 6.29. The van der Waals surface area contributed by atoms with Gasteiger partial charge in [-0.2, -0.15) is 5.10 Å². The van der Waals surface area contributed by atoms with Crippen molar-refractivity contribution in [2.75, 3.05) is 18.1 Å². The molecule has 2 aromatic heterocycles. The van der Waals surface area contributed by atoms with E-state index in [1.807, 2.05) is 48.2 Å². The predicted molar refractivity (Wildman–Crippen MR) is 111 cm³/mol. The average molecular weight is 394 g/mol. The maximum atomic E-state index is 9.57. The molecule has 0 unspecified atom stereocenters. The number of aliphatic hydroxyl groups is 1. The van der Waals surface area contributed by atoms with E-state index in [2.05, 4.69) is 27.2 Å². The first kappa shape index (κ1) is 18.4.